The predicted molar refractivity (Wildman–Crippen MR) is 98.8 cm³/mol. The quantitative estimate of drug-likeness (QED) is 0.665. The lowest BCUT2D eigenvalue weighted by molar-refractivity contribution is -0.118. The van der Waals surface area contributed by atoms with E-state index in [1.165, 1.54) is 11.5 Å². The van der Waals surface area contributed by atoms with Crippen molar-refractivity contribution in [2.45, 2.75) is 6.42 Å². The smallest absolute Gasteiger partial charge is 0.262 e. The summed E-state index contributed by atoms with van der Waals surface area (Å²) in [7, 11) is 0. The van der Waals surface area contributed by atoms with Crippen molar-refractivity contribution >= 4 is 29.0 Å². The molecule has 0 aliphatic carbocycles. The first-order chi connectivity index (χ1) is 12.6. The number of rotatable bonds is 7. The maximum absolute atomic E-state index is 12.0. The normalized spacial score (nSPS) is 10.3. The lowest BCUT2D eigenvalue weighted by Gasteiger charge is -2.08. The van der Waals surface area contributed by atoms with Crippen LogP contribution in [0.4, 0.5) is 5.69 Å². The van der Waals surface area contributed by atoms with Gasteiger partial charge in [0.1, 0.15) is 11.4 Å². The molecule has 7 nitrogen and oxygen atoms in total. The number of aromatic nitrogens is 2. The highest BCUT2D eigenvalue weighted by Crippen LogP contribution is 2.20. The molecule has 26 heavy (non-hydrogen) atoms. The second-order valence-corrected chi connectivity index (χ2v) is 6.10. The van der Waals surface area contributed by atoms with E-state index in [0.717, 1.165) is 16.8 Å². The summed E-state index contributed by atoms with van der Waals surface area (Å²) in [5, 5.41) is 8.62. The third-order valence-electron chi connectivity index (χ3n) is 3.50. The number of ether oxygens (including phenoxy) is 1. The van der Waals surface area contributed by atoms with Gasteiger partial charge < -0.3 is 15.8 Å². The minimum Gasteiger partial charge on any atom is -0.484 e. The maximum atomic E-state index is 12.0. The van der Waals surface area contributed by atoms with Gasteiger partial charge in [0.25, 0.3) is 5.91 Å². The van der Waals surface area contributed by atoms with Crippen LogP contribution in [0.2, 0.25) is 0 Å². The number of carbonyl (C=O) groups excluding carboxylic acids is 2. The van der Waals surface area contributed by atoms with Gasteiger partial charge in [0.05, 0.1) is 6.42 Å². The molecule has 0 atom stereocenters. The fraction of sp³-hybridized carbons (Fsp3) is 0.111. The second-order valence-electron chi connectivity index (χ2n) is 5.49. The first-order valence-electron chi connectivity index (χ1n) is 7.77. The van der Waals surface area contributed by atoms with Gasteiger partial charge in [-0.15, -0.1) is 5.10 Å². The number of hydrogen-bond acceptors (Lipinski definition) is 6. The topological polar surface area (TPSA) is 107 Å². The molecule has 0 saturated carbocycles. The number of carbonyl (C=O) groups is 2. The van der Waals surface area contributed by atoms with Crippen LogP contribution in [0.5, 0.6) is 5.75 Å². The summed E-state index contributed by atoms with van der Waals surface area (Å²) < 4.78 is 9.26. The zero-order chi connectivity index (χ0) is 18.4. The van der Waals surface area contributed by atoms with Gasteiger partial charge in [-0.3, -0.25) is 9.59 Å². The number of primary amides is 1. The molecule has 0 unspecified atom stereocenters. The number of amides is 2. The van der Waals surface area contributed by atoms with Crippen molar-refractivity contribution in [3.63, 3.8) is 0 Å². The average molecular weight is 368 g/mol. The molecule has 2 amide bonds. The minimum absolute atomic E-state index is 0.118. The highest BCUT2D eigenvalue weighted by Gasteiger charge is 2.06. The average Bonchev–Trinajstić information content (AvgIpc) is 3.16. The molecular formula is C18H16N4O3S. The molecule has 8 heteroatoms. The Morgan fingerprint density at radius 3 is 2.42 bits per heavy atom. The Bertz CT molecular complexity index is 878. The number of benzene rings is 2. The van der Waals surface area contributed by atoms with E-state index in [9.17, 15) is 9.59 Å². The van der Waals surface area contributed by atoms with Gasteiger partial charge in [-0.25, -0.2) is 0 Å². The van der Waals surface area contributed by atoms with E-state index in [1.54, 1.807) is 36.4 Å². The lowest BCUT2D eigenvalue weighted by Crippen LogP contribution is -2.20. The number of nitrogens with one attached hydrogen (secondary N) is 1. The van der Waals surface area contributed by atoms with E-state index in [0.29, 0.717) is 11.4 Å². The van der Waals surface area contributed by atoms with Crippen molar-refractivity contribution in [2.24, 2.45) is 5.73 Å². The highest BCUT2D eigenvalue weighted by molar-refractivity contribution is 7.03. The van der Waals surface area contributed by atoms with Crippen molar-refractivity contribution in [3.05, 3.63) is 59.5 Å². The van der Waals surface area contributed by atoms with E-state index in [1.807, 2.05) is 17.5 Å². The molecule has 2 aromatic carbocycles. The molecule has 0 fully saturated rings. The van der Waals surface area contributed by atoms with E-state index >= 15 is 0 Å². The number of anilines is 1. The molecule has 132 valence electrons. The summed E-state index contributed by atoms with van der Waals surface area (Å²) in [5.74, 6) is -0.121. The van der Waals surface area contributed by atoms with Gasteiger partial charge in [0.15, 0.2) is 6.61 Å². The van der Waals surface area contributed by atoms with Crippen LogP contribution in [0, 0.1) is 0 Å². The van der Waals surface area contributed by atoms with E-state index in [4.69, 9.17) is 10.5 Å². The Hall–Kier alpha value is -3.26. The standard InChI is InChI=1S/C18H16N4O3S/c19-17(23)9-12-1-7-15(8-2-12)25-10-18(24)20-14-5-3-13(4-6-14)16-11-26-22-21-16/h1-8,11H,9-10H2,(H2,19,23)(H,20,24). The molecule has 0 saturated heterocycles. The van der Waals surface area contributed by atoms with Crippen LogP contribution in [0.15, 0.2) is 53.9 Å². The molecule has 0 spiro atoms. The van der Waals surface area contributed by atoms with Crippen LogP contribution in [-0.4, -0.2) is 28.0 Å². The second kappa shape index (κ2) is 8.21. The third kappa shape index (κ3) is 4.87. The number of nitrogens with zero attached hydrogens (tertiary/aromatic N) is 2. The Morgan fingerprint density at radius 1 is 1.08 bits per heavy atom. The van der Waals surface area contributed by atoms with E-state index < -0.39 is 5.91 Å². The molecule has 0 aliphatic rings. The first kappa shape index (κ1) is 17.6. The fourth-order valence-corrected chi connectivity index (χ4v) is 2.73. The molecule has 1 heterocycles. The van der Waals surface area contributed by atoms with Crippen molar-refractivity contribution in [1.82, 2.24) is 9.59 Å². The minimum atomic E-state index is -0.393. The molecule has 0 bridgehead atoms. The van der Waals surface area contributed by atoms with Crippen LogP contribution in [0.25, 0.3) is 11.3 Å². The maximum Gasteiger partial charge on any atom is 0.262 e. The van der Waals surface area contributed by atoms with Crippen LogP contribution in [-0.2, 0) is 16.0 Å². The number of hydrogen-bond donors (Lipinski definition) is 2. The summed E-state index contributed by atoms with van der Waals surface area (Å²) in [4.78, 5) is 22.9. The van der Waals surface area contributed by atoms with Crippen molar-refractivity contribution < 1.29 is 14.3 Å². The van der Waals surface area contributed by atoms with Crippen LogP contribution < -0.4 is 15.8 Å². The summed E-state index contributed by atoms with van der Waals surface area (Å²) >= 11 is 1.29. The van der Waals surface area contributed by atoms with Crippen molar-refractivity contribution in [2.75, 3.05) is 11.9 Å². The molecule has 1 aromatic heterocycles. The summed E-state index contributed by atoms with van der Waals surface area (Å²) in [6, 6.07) is 14.2. The largest absolute Gasteiger partial charge is 0.484 e. The van der Waals surface area contributed by atoms with Crippen LogP contribution in [0.3, 0.4) is 0 Å². The fourth-order valence-electron chi connectivity index (χ4n) is 2.27. The highest BCUT2D eigenvalue weighted by atomic mass is 32.1. The summed E-state index contributed by atoms with van der Waals surface area (Å²) in [6.07, 6.45) is 0.174. The summed E-state index contributed by atoms with van der Waals surface area (Å²) in [6.45, 7) is -0.118. The van der Waals surface area contributed by atoms with Gasteiger partial charge in [0.2, 0.25) is 5.91 Å². The van der Waals surface area contributed by atoms with Gasteiger partial charge in [-0.2, -0.15) is 0 Å². The Labute approximate surface area is 154 Å². The Kier molecular flexibility index (Phi) is 5.55. The SMILES string of the molecule is NC(=O)Cc1ccc(OCC(=O)Nc2ccc(-c3csnn3)cc2)cc1. The lowest BCUT2D eigenvalue weighted by atomic mass is 10.1. The molecule has 3 aromatic rings. The predicted octanol–water partition coefficient (Wildman–Crippen LogP) is 2.25. The van der Waals surface area contributed by atoms with Gasteiger partial charge in [-0.1, -0.05) is 28.8 Å². The van der Waals surface area contributed by atoms with E-state index in [2.05, 4.69) is 14.9 Å². The zero-order valence-corrected chi connectivity index (χ0v) is 14.5. The molecule has 0 aliphatic heterocycles. The Balaban J connectivity index is 1.50. The van der Waals surface area contributed by atoms with Gasteiger partial charge in [0, 0.05) is 16.6 Å². The molecular weight excluding hydrogens is 352 g/mol. The zero-order valence-electron chi connectivity index (χ0n) is 13.7. The van der Waals surface area contributed by atoms with Gasteiger partial charge >= 0.3 is 0 Å². The van der Waals surface area contributed by atoms with E-state index in [-0.39, 0.29) is 18.9 Å². The van der Waals surface area contributed by atoms with Crippen molar-refractivity contribution in [1.29, 1.82) is 0 Å². The molecule has 3 N–H and O–H groups in total. The van der Waals surface area contributed by atoms with Crippen LogP contribution in [0.1, 0.15) is 5.56 Å². The first-order valence-corrected chi connectivity index (χ1v) is 8.61. The molecule has 3 rings (SSSR count). The number of nitrogens with two attached hydrogens (primary N) is 1. The summed E-state index contributed by atoms with van der Waals surface area (Å²) in [5.41, 5.74) is 8.34. The van der Waals surface area contributed by atoms with Gasteiger partial charge in [-0.05, 0) is 41.4 Å². The molecule has 0 radical (unpaired) electrons. The van der Waals surface area contributed by atoms with Crippen LogP contribution >= 0.6 is 11.5 Å². The van der Waals surface area contributed by atoms with Crippen molar-refractivity contribution in [3.8, 4) is 17.0 Å². The Morgan fingerprint density at radius 2 is 1.81 bits per heavy atom. The third-order valence-corrected chi connectivity index (χ3v) is 4.00. The monoisotopic (exact) mass is 368 g/mol.